The topological polar surface area (TPSA) is 51.2 Å². The number of amides is 1. The van der Waals surface area contributed by atoms with Gasteiger partial charge in [-0.25, -0.2) is 4.79 Å². The number of halogens is 1. The number of allylic oxidation sites excluding steroid dienone is 1. The van der Waals surface area contributed by atoms with Gasteiger partial charge in [-0.05, 0) is 131 Å². The van der Waals surface area contributed by atoms with Crippen LogP contribution in [0, 0.1) is 5.41 Å². The number of hydrogen-bond acceptors (Lipinski definition) is 5. The number of rotatable bonds is 7. The molecule has 3 fully saturated rings. The maximum absolute atomic E-state index is 12.6. The predicted octanol–water partition coefficient (Wildman–Crippen LogP) is 9.19. The Morgan fingerprint density at radius 3 is 1.80 bits per heavy atom. The van der Waals surface area contributed by atoms with E-state index in [0.717, 1.165) is 69.3 Å². The number of likely N-dealkylation sites (tertiary alicyclic amines) is 1. The molecule has 3 aromatic rings. The molecule has 0 saturated carbocycles. The minimum atomic E-state index is -0.462. The number of carbonyl (C=O) groups is 1. The van der Waals surface area contributed by atoms with Crippen LogP contribution in [0.4, 0.5) is 10.5 Å². The molecule has 3 aliphatic rings. The van der Waals surface area contributed by atoms with Crippen LogP contribution in [0.25, 0.3) is 11.1 Å². The van der Waals surface area contributed by atoms with Crippen molar-refractivity contribution >= 4 is 47.1 Å². The maximum Gasteiger partial charge on any atom is 0.494 e. The van der Waals surface area contributed by atoms with Crippen LogP contribution in [0.5, 0.6) is 0 Å². The van der Waals surface area contributed by atoms with E-state index < -0.39 is 23.9 Å². The van der Waals surface area contributed by atoms with E-state index in [2.05, 4.69) is 111 Å². The summed E-state index contributed by atoms with van der Waals surface area (Å²) < 4.78 is 18.3. The quantitative estimate of drug-likeness (QED) is 0.140. The first-order chi connectivity index (χ1) is 23.7. The molecular weight excluding hydrogens is 643 g/mol. The summed E-state index contributed by atoms with van der Waals surface area (Å²) in [4.78, 5) is 17.1. The Kier molecular flexibility index (Phi) is 10.5. The van der Waals surface area contributed by atoms with Crippen LogP contribution in [0.15, 0.2) is 78.9 Å². The number of anilines is 1. The SMILES string of the molecule is CC(C)(C)OC(=O)N1CCC2(CC1)CCN(c1ccc(/C(=C(/CCCl)c3ccccc3)c3ccc(B4OC(C)(C)C(C)(C)O4)cc3)cc1)CC2. The molecule has 6 nitrogen and oxygen atoms in total. The second-order valence-corrected chi connectivity index (χ2v) is 16.7. The summed E-state index contributed by atoms with van der Waals surface area (Å²) in [5.41, 5.74) is 7.25. The van der Waals surface area contributed by atoms with Gasteiger partial charge in [0.2, 0.25) is 0 Å². The van der Waals surface area contributed by atoms with Gasteiger partial charge in [0, 0.05) is 37.7 Å². The largest absolute Gasteiger partial charge is 0.494 e. The molecule has 3 aromatic carbocycles. The van der Waals surface area contributed by atoms with Gasteiger partial charge in [0.25, 0.3) is 0 Å². The first-order valence-electron chi connectivity index (χ1n) is 18.3. The van der Waals surface area contributed by atoms with E-state index in [1.807, 2.05) is 25.7 Å². The third-order valence-electron chi connectivity index (χ3n) is 11.3. The van der Waals surface area contributed by atoms with Gasteiger partial charge in [-0.15, -0.1) is 11.6 Å². The first-order valence-corrected chi connectivity index (χ1v) is 18.9. The monoisotopic (exact) mass is 696 g/mol. The molecule has 0 atom stereocenters. The van der Waals surface area contributed by atoms with Crippen molar-refractivity contribution < 1.29 is 18.8 Å². The lowest BCUT2D eigenvalue weighted by atomic mass is 9.71. The van der Waals surface area contributed by atoms with Crippen LogP contribution in [-0.4, -0.2) is 67.0 Å². The minimum absolute atomic E-state index is 0.180. The van der Waals surface area contributed by atoms with Gasteiger partial charge in [0.15, 0.2) is 0 Å². The molecule has 0 bridgehead atoms. The summed E-state index contributed by atoms with van der Waals surface area (Å²) in [6.45, 7) is 17.7. The molecule has 0 radical (unpaired) electrons. The fourth-order valence-electron chi connectivity index (χ4n) is 7.52. The third kappa shape index (κ3) is 7.96. The zero-order chi connectivity index (χ0) is 35.7. The zero-order valence-corrected chi connectivity index (χ0v) is 31.8. The standard InChI is InChI=1S/C42H54BClN2O4/c1-39(2,3)48-38(47)46-29-24-42(25-30-46)22-27-45(28-23-42)35-19-15-33(16-20-35)37(36(21-26-44)31-11-9-8-10-12-31)32-13-17-34(18-14-32)43-49-40(4,5)41(6,7)50-43/h8-20H,21-30H2,1-7H3/b37-36-. The van der Waals surface area contributed by atoms with Crippen molar-refractivity contribution in [3.05, 3.63) is 95.6 Å². The number of ether oxygens (including phenoxy) is 1. The van der Waals surface area contributed by atoms with E-state index in [9.17, 15) is 4.79 Å². The number of alkyl halides is 1. The smallest absolute Gasteiger partial charge is 0.444 e. The number of piperidine rings is 2. The average Bonchev–Trinajstić information content (AvgIpc) is 3.31. The Morgan fingerprint density at radius 1 is 0.760 bits per heavy atom. The van der Waals surface area contributed by atoms with Gasteiger partial charge < -0.3 is 23.8 Å². The van der Waals surface area contributed by atoms with E-state index in [1.54, 1.807) is 0 Å². The summed E-state index contributed by atoms with van der Waals surface area (Å²) in [7, 11) is -0.404. The predicted molar refractivity (Wildman–Crippen MR) is 207 cm³/mol. The third-order valence-corrected chi connectivity index (χ3v) is 11.5. The summed E-state index contributed by atoms with van der Waals surface area (Å²) in [5.74, 6) is 0.531. The van der Waals surface area contributed by atoms with E-state index in [1.165, 1.54) is 28.0 Å². The van der Waals surface area contributed by atoms with Gasteiger partial charge in [-0.3, -0.25) is 0 Å². The van der Waals surface area contributed by atoms with Crippen molar-refractivity contribution in [1.29, 1.82) is 0 Å². The average molecular weight is 697 g/mol. The molecule has 3 saturated heterocycles. The van der Waals surface area contributed by atoms with E-state index in [0.29, 0.717) is 11.3 Å². The Bertz CT molecular complexity index is 1630. The molecule has 6 rings (SSSR count). The highest BCUT2D eigenvalue weighted by atomic mass is 35.5. The van der Waals surface area contributed by atoms with Crippen LogP contribution in [0.1, 0.15) is 97.3 Å². The molecule has 1 amide bonds. The lowest BCUT2D eigenvalue weighted by Gasteiger charge is -2.47. The minimum Gasteiger partial charge on any atom is -0.444 e. The Labute approximate surface area is 305 Å². The van der Waals surface area contributed by atoms with Crippen LogP contribution in [0.2, 0.25) is 0 Å². The fourth-order valence-corrected chi connectivity index (χ4v) is 7.71. The molecule has 8 heteroatoms. The molecule has 0 N–H and O–H groups in total. The lowest BCUT2D eigenvalue weighted by molar-refractivity contribution is 0.00578. The van der Waals surface area contributed by atoms with E-state index >= 15 is 0 Å². The van der Waals surface area contributed by atoms with Crippen molar-refractivity contribution in [3.63, 3.8) is 0 Å². The van der Waals surface area contributed by atoms with Gasteiger partial charge in [0.05, 0.1) is 11.2 Å². The molecule has 0 unspecified atom stereocenters. The van der Waals surface area contributed by atoms with Gasteiger partial charge in [-0.2, -0.15) is 0 Å². The normalized spacial score (nSPS) is 20.5. The number of nitrogens with zero attached hydrogens (tertiary/aromatic N) is 2. The highest BCUT2D eigenvalue weighted by Crippen LogP contribution is 2.43. The summed E-state index contributed by atoms with van der Waals surface area (Å²) in [5, 5.41) is 0. The summed E-state index contributed by atoms with van der Waals surface area (Å²) in [6, 6.07) is 28.4. The van der Waals surface area contributed by atoms with Crippen molar-refractivity contribution in [3.8, 4) is 0 Å². The number of hydrogen-bond donors (Lipinski definition) is 0. The number of carbonyl (C=O) groups excluding carboxylic acids is 1. The Hall–Kier alpha value is -3.26. The van der Waals surface area contributed by atoms with Gasteiger partial charge >= 0.3 is 13.2 Å². The van der Waals surface area contributed by atoms with Gasteiger partial charge in [-0.1, -0.05) is 66.7 Å². The highest BCUT2D eigenvalue weighted by Gasteiger charge is 2.51. The van der Waals surface area contributed by atoms with E-state index in [4.69, 9.17) is 25.6 Å². The lowest BCUT2D eigenvalue weighted by Crippen LogP contribution is -2.49. The van der Waals surface area contributed by atoms with Crippen LogP contribution >= 0.6 is 11.6 Å². The molecule has 3 aliphatic heterocycles. The van der Waals surface area contributed by atoms with Gasteiger partial charge in [0.1, 0.15) is 5.60 Å². The second kappa shape index (κ2) is 14.4. The van der Waals surface area contributed by atoms with Crippen molar-refractivity contribution in [1.82, 2.24) is 4.90 Å². The number of benzene rings is 3. The molecule has 1 spiro atoms. The Morgan fingerprint density at radius 2 is 1.28 bits per heavy atom. The molecule has 50 heavy (non-hydrogen) atoms. The van der Waals surface area contributed by atoms with Crippen molar-refractivity contribution in [2.45, 2.75) is 97.4 Å². The molecule has 0 aromatic heterocycles. The van der Waals surface area contributed by atoms with E-state index in [-0.39, 0.29) is 6.09 Å². The maximum atomic E-state index is 12.6. The fraction of sp³-hybridized carbons (Fsp3) is 0.500. The summed E-state index contributed by atoms with van der Waals surface area (Å²) in [6.07, 6.45) is 4.95. The van der Waals surface area contributed by atoms with Crippen molar-refractivity contribution in [2.24, 2.45) is 5.41 Å². The molecule has 3 heterocycles. The molecule has 266 valence electrons. The zero-order valence-electron chi connectivity index (χ0n) is 31.1. The highest BCUT2D eigenvalue weighted by molar-refractivity contribution is 6.62. The Balaban J connectivity index is 1.20. The van der Waals surface area contributed by atoms with Crippen LogP contribution in [-0.2, 0) is 14.0 Å². The second-order valence-electron chi connectivity index (χ2n) is 16.4. The molecule has 0 aliphatic carbocycles. The molecular formula is C42H54BClN2O4. The van der Waals surface area contributed by atoms with Crippen molar-refractivity contribution in [2.75, 3.05) is 37.0 Å². The van der Waals surface area contributed by atoms with Crippen LogP contribution < -0.4 is 10.4 Å². The first kappa shape index (κ1) is 36.5. The summed E-state index contributed by atoms with van der Waals surface area (Å²) >= 11 is 6.47. The van der Waals surface area contributed by atoms with Crippen LogP contribution in [0.3, 0.4) is 0 Å².